The molecule has 1 aliphatic heterocycles. The summed E-state index contributed by atoms with van der Waals surface area (Å²) in [6, 6.07) is 5.51. The van der Waals surface area contributed by atoms with Crippen molar-refractivity contribution in [1.82, 2.24) is 9.88 Å². The van der Waals surface area contributed by atoms with Crippen molar-refractivity contribution in [3.05, 3.63) is 29.6 Å². The van der Waals surface area contributed by atoms with Crippen LogP contribution in [-0.2, 0) is 11.2 Å². The molecule has 1 amide bonds. The molecular weight excluding hydrogens is 282 g/mol. The summed E-state index contributed by atoms with van der Waals surface area (Å²) in [7, 11) is 0. The van der Waals surface area contributed by atoms with Gasteiger partial charge in [-0.15, -0.1) is 0 Å². The summed E-state index contributed by atoms with van der Waals surface area (Å²) in [5, 5.41) is 17.7. The molecule has 0 saturated carbocycles. The molecule has 2 heterocycles. The van der Waals surface area contributed by atoms with Gasteiger partial charge >= 0.3 is 6.09 Å². The number of carbonyl (C=O) groups excluding carboxylic acids is 1. The van der Waals surface area contributed by atoms with Crippen LogP contribution in [0.15, 0.2) is 18.3 Å². The molecule has 1 N–H and O–H groups in total. The molecule has 1 fully saturated rings. The van der Waals surface area contributed by atoms with E-state index in [0.717, 1.165) is 18.4 Å². The summed E-state index contributed by atoms with van der Waals surface area (Å²) in [6.07, 6.45) is 3.80. The van der Waals surface area contributed by atoms with E-state index in [-0.39, 0.29) is 11.7 Å². The van der Waals surface area contributed by atoms with Crippen LogP contribution >= 0.6 is 0 Å². The summed E-state index contributed by atoms with van der Waals surface area (Å²) in [4.78, 5) is 28.2. The summed E-state index contributed by atoms with van der Waals surface area (Å²) in [5.41, 5.74) is 1.31. The van der Waals surface area contributed by atoms with Crippen LogP contribution in [0.1, 0.15) is 36.9 Å². The third-order valence-corrected chi connectivity index (χ3v) is 4.03. The highest BCUT2D eigenvalue weighted by atomic mass is 16.4. The maximum absolute atomic E-state index is 12.0. The van der Waals surface area contributed by atoms with Gasteiger partial charge in [-0.05, 0) is 42.9 Å². The van der Waals surface area contributed by atoms with Gasteiger partial charge in [0.15, 0.2) is 0 Å². The highest BCUT2D eigenvalue weighted by Crippen LogP contribution is 2.21. The van der Waals surface area contributed by atoms with Crippen molar-refractivity contribution in [3.63, 3.8) is 0 Å². The summed E-state index contributed by atoms with van der Waals surface area (Å²) in [5.74, 6) is 0.485. The molecule has 1 saturated heterocycles. The molecule has 6 heteroatoms. The number of nitriles is 1. The fraction of sp³-hybridized carbons (Fsp3) is 0.500. The third-order valence-electron chi connectivity index (χ3n) is 4.03. The highest BCUT2D eigenvalue weighted by molar-refractivity contribution is 5.79. The van der Waals surface area contributed by atoms with E-state index in [1.165, 1.54) is 4.90 Å². The van der Waals surface area contributed by atoms with Crippen molar-refractivity contribution in [2.24, 2.45) is 5.92 Å². The lowest BCUT2D eigenvalue weighted by atomic mass is 9.90. The molecule has 0 unspecified atom stereocenters. The number of rotatable bonds is 5. The molecule has 0 spiro atoms. The summed E-state index contributed by atoms with van der Waals surface area (Å²) >= 11 is 0. The molecule has 1 aromatic heterocycles. The first-order chi connectivity index (χ1) is 10.6. The Bertz CT molecular complexity index is 587. The van der Waals surface area contributed by atoms with Crippen LogP contribution in [0.4, 0.5) is 4.79 Å². The lowest BCUT2D eigenvalue weighted by molar-refractivity contribution is -0.120. The topological polar surface area (TPSA) is 94.3 Å². The minimum absolute atomic E-state index is 0.198. The van der Waals surface area contributed by atoms with Crippen molar-refractivity contribution < 1.29 is 14.7 Å². The Morgan fingerprint density at radius 2 is 2.14 bits per heavy atom. The number of carboxylic acid groups (broad SMARTS) is 1. The van der Waals surface area contributed by atoms with Crippen LogP contribution in [0.3, 0.4) is 0 Å². The van der Waals surface area contributed by atoms with E-state index in [1.807, 2.05) is 12.1 Å². The normalized spacial score (nSPS) is 15.3. The minimum atomic E-state index is -0.879. The first kappa shape index (κ1) is 16.0. The molecular formula is C16H19N3O3. The molecule has 0 aliphatic carbocycles. The van der Waals surface area contributed by atoms with Crippen LogP contribution in [0.5, 0.6) is 0 Å². The Hall–Kier alpha value is -2.42. The molecule has 2 rings (SSSR count). The largest absolute Gasteiger partial charge is 0.465 e. The van der Waals surface area contributed by atoms with Gasteiger partial charge in [0.1, 0.15) is 17.5 Å². The lowest BCUT2D eigenvalue weighted by Gasteiger charge is -2.29. The number of piperidine rings is 1. The maximum atomic E-state index is 12.0. The number of nitrogens with zero attached hydrogens (tertiary/aromatic N) is 3. The number of carbonyl (C=O) groups is 2. The van der Waals surface area contributed by atoms with Crippen LogP contribution in [0.2, 0.25) is 0 Å². The first-order valence-electron chi connectivity index (χ1n) is 7.43. The molecule has 22 heavy (non-hydrogen) atoms. The number of hydrogen-bond acceptors (Lipinski definition) is 4. The van der Waals surface area contributed by atoms with E-state index in [1.54, 1.807) is 12.3 Å². The van der Waals surface area contributed by atoms with Gasteiger partial charge in [0, 0.05) is 32.1 Å². The van der Waals surface area contributed by atoms with E-state index < -0.39 is 6.09 Å². The Morgan fingerprint density at radius 1 is 1.41 bits per heavy atom. The van der Waals surface area contributed by atoms with Gasteiger partial charge in [-0.25, -0.2) is 9.78 Å². The van der Waals surface area contributed by atoms with Gasteiger partial charge in [-0.3, -0.25) is 4.79 Å². The standard InChI is InChI=1S/C16H19N3O3/c17-11-14-9-12(3-6-18-14)1-2-15(20)10-13-4-7-19(8-5-13)16(21)22/h3,6,9,13H,1-2,4-5,7-8,10H2,(H,21,22). The van der Waals surface area contributed by atoms with Gasteiger partial charge in [0.2, 0.25) is 0 Å². The van der Waals surface area contributed by atoms with Gasteiger partial charge < -0.3 is 10.0 Å². The molecule has 0 atom stereocenters. The number of ketones is 1. The van der Waals surface area contributed by atoms with Crippen molar-refractivity contribution in [3.8, 4) is 6.07 Å². The van der Waals surface area contributed by atoms with Gasteiger partial charge in [-0.2, -0.15) is 5.26 Å². The fourth-order valence-electron chi connectivity index (χ4n) is 2.73. The quantitative estimate of drug-likeness (QED) is 0.900. The van der Waals surface area contributed by atoms with Crippen LogP contribution < -0.4 is 0 Å². The van der Waals surface area contributed by atoms with E-state index in [4.69, 9.17) is 10.4 Å². The van der Waals surface area contributed by atoms with Crippen molar-refractivity contribution >= 4 is 11.9 Å². The highest BCUT2D eigenvalue weighted by Gasteiger charge is 2.23. The maximum Gasteiger partial charge on any atom is 0.407 e. The van der Waals surface area contributed by atoms with Crippen LogP contribution in [0, 0.1) is 17.2 Å². The van der Waals surface area contributed by atoms with Crippen LogP contribution in [0.25, 0.3) is 0 Å². The number of likely N-dealkylation sites (tertiary alicyclic amines) is 1. The average molecular weight is 301 g/mol. The summed E-state index contributed by atoms with van der Waals surface area (Å²) in [6.45, 7) is 1.03. The second-order valence-corrected chi connectivity index (χ2v) is 5.62. The van der Waals surface area contributed by atoms with Gasteiger partial charge in [-0.1, -0.05) is 0 Å². The third kappa shape index (κ3) is 4.55. The number of amides is 1. The molecule has 116 valence electrons. The number of Topliss-reactive ketones (excluding diaryl/α,β-unsaturated/α-hetero) is 1. The zero-order valence-electron chi connectivity index (χ0n) is 12.4. The predicted octanol–water partition coefficient (Wildman–Crippen LogP) is 2.24. The number of aromatic nitrogens is 1. The Balaban J connectivity index is 1.74. The average Bonchev–Trinajstić information content (AvgIpc) is 2.53. The Kier molecular flexibility index (Phi) is 5.48. The molecule has 0 radical (unpaired) electrons. The lowest BCUT2D eigenvalue weighted by Crippen LogP contribution is -2.37. The second kappa shape index (κ2) is 7.55. The van der Waals surface area contributed by atoms with Crippen molar-refractivity contribution in [2.75, 3.05) is 13.1 Å². The molecule has 0 bridgehead atoms. The summed E-state index contributed by atoms with van der Waals surface area (Å²) < 4.78 is 0. The van der Waals surface area contributed by atoms with Crippen LogP contribution in [-0.4, -0.2) is 40.0 Å². The van der Waals surface area contributed by atoms with E-state index in [0.29, 0.717) is 38.0 Å². The second-order valence-electron chi connectivity index (χ2n) is 5.62. The van der Waals surface area contributed by atoms with Crippen molar-refractivity contribution in [2.45, 2.75) is 32.1 Å². The first-order valence-corrected chi connectivity index (χ1v) is 7.43. The number of hydrogen-bond donors (Lipinski definition) is 1. The SMILES string of the molecule is N#Cc1cc(CCC(=O)CC2CCN(C(=O)O)CC2)ccn1. The minimum Gasteiger partial charge on any atom is -0.465 e. The molecule has 1 aromatic rings. The zero-order valence-corrected chi connectivity index (χ0v) is 12.4. The van der Waals surface area contributed by atoms with Gasteiger partial charge in [0.05, 0.1) is 0 Å². The van der Waals surface area contributed by atoms with E-state index in [2.05, 4.69) is 4.98 Å². The van der Waals surface area contributed by atoms with Crippen molar-refractivity contribution in [1.29, 1.82) is 5.26 Å². The number of aryl methyl sites for hydroxylation is 1. The molecule has 6 nitrogen and oxygen atoms in total. The Labute approximate surface area is 129 Å². The Morgan fingerprint density at radius 3 is 2.77 bits per heavy atom. The molecule has 1 aliphatic rings. The number of pyridine rings is 1. The fourth-order valence-corrected chi connectivity index (χ4v) is 2.73. The zero-order chi connectivity index (χ0) is 15.9. The van der Waals surface area contributed by atoms with E-state index >= 15 is 0 Å². The molecule has 0 aromatic carbocycles. The monoisotopic (exact) mass is 301 g/mol. The van der Waals surface area contributed by atoms with E-state index in [9.17, 15) is 9.59 Å². The van der Waals surface area contributed by atoms with Gasteiger partial charge in [0.25, 0.3) is 0 Å². The predicted molar refractivity (Wildman–Crippen MR) is 79.2 cm³/mol. The smallest absolute Gasteiger partial charge is 0.407 e.